The zero-order chi connectivity index (χ0) is 18.6. The van der Waals surface area contributed by atoms with Crippen molar-refractivity contribution in [1.82, 2.24) is 9.21 Å². The number of hydrogen-bond acceptors (Lipinski definition) is 3. The smallest absolute Gasteiger partial charge is 0.226 e. The van der Waals surface area contributed by atoms with Gasteiger partial charge >= 0.3 is 0 Å². The van der Waals surface area contributed by atoms with Gasteiger partial charge < -0.3 is 4.90 Å². The molecular formula is C17H24Cl2N2O3S. The van der Waals surface area contributed by atoms with E-state index in [1.54, 1.807) is 17.0 Å². The first-order valence-corrected chi connectivity index (χ1v) is 10.9. The van der Waals surface area contributed by atoms with Crippen molar-refractivity contribution in [3.8, 4) is 0 Å². The molecule has 1 aliphatic heterocycles. The van der Waals surface area contributed by atoms with E-state index in [1.165, 1.54) is 10.4 Å². The summed E-state index contributed by atoms with van der Waals surface area (Å²) in [5.74, 6) is -0.423. The molecule has 25 heavy (non-hydrogen) atoms. The molecule has 2 rings (SSSR count). The van der Waals surface area contributed by atoms with Crippen molar-refractivity contribution in [3.05, 3.63) is 33.8 Å². The Bertz CT molecular complexity index is 721. The number of nitrogens with zero attached hydrogens (tertiary/aromatic N) is 2. The largest absolute Gasteiger partial charge is 0.343 e. The summed E-state index contributed by atoms with van der Waals surface area (Å²) in [6.07, 6.45) is 1.41. The Balaban J connectivity index is 2.12. The quantitative estimate of drug-likeness (QED) is 0.726. The van der Waals surface area contributed by atoms with Gasteiger partial charge in [-0.3, -0.25) is 4.79 Å². The highest BCUT2D eigenvalue weighted by Gasteiger charge is 2.34. The number of piperidine rings is 1. The van der Waals surface area contributed by atoms with Gasteiger partial charge in [0.25, 0.3) is 0 Å². The molecule has 8 heteroatoms. The highest BCUT2D eigenvalue weighted by molar-refractivity contribution is 7.88. The molecule has 0 N–H and O–H groups in total. The molecule has 140 valence electrons. The number of amides is 1. The Morgan fingerprint density at radius 1 is 1.28 bits per heavy atom. The molecule has 1 saturated heterocycles. The van der Waals surface area contributed by atoms with Crippen molar-refractivity contribution in [2.75, 3.05) is 26.2 Å². The fourth-order valence-electron chi connectivity index (χ4n) is 3.12. The molecule has 1 heterocycles. The van der Waals surface area contributed by atoms with Crippen LogP contribution in [0.15, 0.2) is 18.2 Å². The predicted octanol–water partition coefficient (Wildman–Crippen LogP) is 3.40. The molecule has 0 aliphatic carbocycles. The van der Waals surface area contributed by atoms with Gasteiger partial charge in [-0.2, -0.15) is 0 Å². The molecule has 1 atom stereocenters. The van der Waals surface area contributed by atoms with E-state index in [-0.39, 0.29) is 24.1 Å². The highest BCUT2D eigenvalue weighted by Crippen LogP contribution is 2.26. The number of sulfonamides is 1. The van der Waals surface area contributed by atoms with Crippen LogP contribution in [0.4, 0.5) is 0 Å². The zero-order valence-corrected chi connectivity index (χ0v) is 16.9. The average molecular weight is 407 g/mol. The molecule has 5 nitrogen and oxygen atoms in total. The number of carbonyl (C=O) groups excluding carboxylic acids is 1. The van der Waals surface area contributed by atoms with E-state index in [9.17, 15) is 13.2 Å². The van der Waals surface area contributed by atoms with Crippen LogP contribution in [0, 0.1) is 5.92 Å². The average Bonchev–Trinajstić information content (AvgIpc) is 2.58. The van der Waals surface area contributed by atoms with E-state index >= 15 is 0 Å². The summed E-state index contributed by atoms with van der Waals surface area (Å²) in [7, 11) is -3.54. The number of rotatable bonds is 6. The van der Waals surface area contributed by atoms with Crippen LogP contribution < -0.4 is 0 Å². The highest BCUT2D eigenvalue weighted by atomic mass is 35.5. The lowest BCUT2D eigenvalue weighted by molar-refractivity contribution is -0.136. The van der Waals surface area contributed by atoms with Crippen LogP contribution in [0.2, 0.25) is 10.0 Å². The third-order valence-corrected chi connectivity index (χ3v) is 6.94. The summed E-state index contributed by atoms with van der Waals surface area (Å²) in [6, 6.07) is 4.79. The molecular weight excluding hydrogens is 383 g/mol. The minimum Gasteiger partial charge on any atom is -0.343 e. The molecule has 0 saturated carbocycles. The number of halogens is 2. The summed E-state index contributed by atoms with van der Waals surface area (Å²) >= 11 is 12.0. The second-order valence-electron chi connectivity index (χ2n) is 6.20. The lowest BCUT2D eigenvalue weighted by Crippen LogP contribution is -2.47. The van der Waals surface area contributed by atoms with E-state index in [2.05, 4.69) is 0 Å². The Labute approximate surface area is 159 Å². The molecule has 0 spiro atoms. The predicted molar refractivity (Wildman–Crippen MR) is 101 cm³/mol. The van der Waals surface area contributed by atoms with Gasteiger partial charge in [-0.25, -0.2) is 12.7 Å². The summed E-state index contributed by atoms with van der Waals surface area (Å²) in [4.78, 5) is 14.3. The number of hydrogen-bond donors (Lipinski definition) is 0. The summed E-state index contributed by atoms with van der Waals surface area (Å²) in [5, 5.41) is 0.804. The van der Waals surface area contributed by atoms with Crippen LogP contribution in [0.3, 0.4) is 0 Å². The zero-order valence-electron chi connectivity index (χ0n) is 14.5. The van der Waals surface area contributed by atoms with Gasteiger partial charge in [0, 0.05) is 36.2 Å². The Kier molecular flexibility index (Phi) is 7.14. The molecule has 1 aromatic rings. The van der Waals surface area contributed by atoms with Crippen molar-refractivity contribution < 1.29 is 13.2 Å². The lowest BCUT2D eigenvalue weighted by Gasteiger charge is -2.33. The molecule has 0 aromatic heterocycles. The van der Waals surface area contributed by atoms with Gasteiger partial charge in [0.1, 0.15) is 0 Å². The molecule has 1 amide bonds. The fourth-order valence-corrected chi connectivity index (χ4v) is 5.31. The van der Waals surface area contributed by atoms with E-state index in [1.807, 2.05) is 13.8 Å². The molecule has 1 fully saturated rings. The topological polar surface area (TPSA) is 57.7 Å². The summed E-state index contributed by atoms with van der Waals surface area (Å²) in [5.41, 5.74) is 0.517. The second kappa shape index (κ2) is 8.71. The van der Waals surface area contributed by atoms with Gasteiger partial charge in [-0.1, -0.05) is 29.3 Å². The number of carbonyl (C=O) groups is 1. The molecule has 0 bridgehead atoms. The van der Waals surface area contributed by atoms with Gasteiger partial charge in [0.2, 0.25) is 15.9 Å². The molecule has 1 aliphatic rings. The minimum atomic E-state index is -3.54. The molecule has 0 radical (unpaired) electrons. The van der Waals surface area contributed by atoms with Crippen LogP contribution in [0.1, 0.15) is 32.3 Å². The van der Waals surface area contributed by atoms with Crippen LogP contribution >= 0.6 is 23.2 Å². The minimum absolute atomic E-state index is 0.0365. The van der Waals surface area contributed by atoms with E-state index in [0.717, 1.165) is 6.42 Å². The maximum Gasteiger partial charge on any atom is 0.226 e. The maximum absolute atomic E-state index is 12.8. The summed E-state index contributed by atoms with van der Waals surface area (Å²) < 4.78 is 27.0. The molecule has 0 unspecified atom stereocenters. The monoisotopic (exact) mass is 406 g/mol. The second-order valence-corrected chi connectivity index (χ2v) is 9.01. The Morgan fingerprint density at radius 2 is 1.96 bits per heavy atom. The first-order valence-electron chi connectivity index (χ1n) is 8.49. The Morgan fingerprint density at radius 3 is 2.56 bits per heavy atom. The van der Waals surface area contributed by atoms with E-state index < -0.39 is 10.0 Å². The van der Waals surface area contributed by atoms with Crippen LogP contribution in [-0.4, -0.2) is 49.7 Å². The fraction of sp³-hybridized carbons (Fsp3) is 0.588. The van der Waals surface area contributed by atoms with Crippen LogP contribution in [-0.2, 0) is 20.6 Å². The van der Waals surface area contributed by atoms with Gasteiger partial charge in [0.05, 0.1) is 11.7 Å². The van der Waals surface area contributed by atoms with Gasteiger partial charge in [-0.15, -0.1) is 0 Å². The lowest BCUT2D eigenvalue weighted by atomic mass is 9.98. The third-order valence-electron chi connectivity index (χ3n) is 4.55. The van der Waals surface area contributed by atoms with Crippen molar-refractivity contribution in [2.45, 2.75) is 32.4 Å². The van der Waals surface area contributed by atoms with Crippen molar-refractivity contribution >= 4 is 39.1 Å². The van der Waals surface area contributed by atoms with Crippen LogP contribution in [0.25, 0.3) is 0 Å². The van der Waals surface area contributed by atoms with E-state index in [4.69, 9.17) is 23.2 Å². The first-order chi connectivity index (χ1) is 11.8. The SMILES string of the molecule is CCN(CC)C(=O)[C@@H]1CCCN(S(=O)(=O)Cc2ccc(Cl)cc2Cl)C1. The first kappa shape index (κ1) is 20.5. The van der Waals surface area contributed by atoms with Crippen molar-refractivity contribution in [2.24, 2.45) is 5.92 Å². The van der Waals surface area contributed by atoms with Crippen molar-refractivity contribution in [3.63, 3.8) is 0 Å². The third kappa shape index (κ3) is 5.09. The standard InChI is InChI=1S/C17H24Cl2N2O3S/c1-3-20(4-2)17(22)13-6-5-9-21(11-13)25(23,24)12-14-7-8-15(18)10-16(14)19/h7-8,10,13H,3-6,9,11-12H2,1-2H3/t13-/m1/s1. The van der Waals surface area contributed by atoms with Crippen LogP contribution in [0.5, 0.6) is 0 Å². The number of benzene rings is 1. The Hall–Kier alpha value is -0.820. The van der Waals surface area contributed by atoms with Crippen molar-refractivity contribution in [1.29, 1.82) is 0 Å². The van der Waals surface area contributed by atoms with Gasteiger partial charge in [0.15, 0.2) is 0 Å². The maximum atomic E-state index is 12.8. The normalized spacial score (nSPS) is 19.0. The van der Waals surface area contributed by atoms with E-state index in [0.29, 0.717) is 41.7 Å². The van der Waals surface area contributed by atoms with Gasteiger partial charge in [-0.05, 0) is 44.4 Å². The molecule has 1 aromatic carbocycles. The summed E-state index contributed by atoms with van der Waals surface area (Å²) in [6.45, 7) is 5.82.